The molecular weight excluding hydrogens is 250 g/mol. The molecule has 6 heteroatoms. The molecule has 19 heavy (non-hydrogen) atoms. The molecule has 0 saturated carbocycles. The van der Waals surface area contributed by atoms with Crippen LogP contribution in [0.15, 0.2) is 16.7 Å². The van der Waals surface area contributed by atoms with E-state index < -0.39 is 5.97 Å². The van der Waals surface area contributed by atoms with E-state index in [2.05, 4.69) is 5.32 Å². The minimum atomic E-state index is -1.02. The second-order valence-electron chi connectivity index (χ2n) is 4.75. The topological polar surface area (TPSA) is 88.8 Å². The molecule has 104 valence electrons. The Kier molecular flexibility index (Phi) is 4.21. The van der Waals surface area contributed by atoms with Crippen molar-refractivity contribution in [2.24, 2.45) is 5.92 Å². The fourth-order valence-corrected chi connectivity index (χ4v) is 2.16. The molecule has 2 heterocycles. The van der Waals surface area contributed by atoms with Crippen LogP contribution in [0.4, 0.5) is 0 Å². The van der Waals surface area contributed by atoms with Crippen LogP contribution in [0, 0.1) is 5.92 Å². The zero-order valence-electron chi connectivity index (χ0n) is 10.7. The third-order valence-corrected chi connectivity index (χ3v) is 3.26. The summed E-state index contributed by atoms with van der Waals surface area (Å²) >= 11 is 0. The number of carbonyl (C=O) groups excluding carboxylic acids is 1. The molecule has 0 bridgehead atoms. The van der Waals surface area contributed by atoms with Crippen LogP contribution in [-0.4, -0.2) is 36.2 Å². The summed E-state index contributed by atoms with van der Waals surface area (Å²) in [4.78, 5) is 22.8. The van der Waals surface area contributed by atoms with E-state index in [4.69, 9.17) is 14.3 Å². The summed E-state index contributed by atoms with van der Waals surface area (Å²) in [6.45, 7) is 3.26. The van der Waals surface area contributed by atoms with Crippen LogP contribution >= 0.6 is 0 Å². The molecule has 0 aromatic carbocycles. The first-order chi connectivity index (χ1) is 9.08. The van der Waals surface area contributed by atoms with Crippen LogP contribution < -0.4 is 5.32 Å². The molecule has 1 aromatic rings. The van der Waals surface area contributed by atoms with Crippen molar-refractivity contribution in [3.63, 3.8) is 0 Å². The van der Waals surface area contributed by atoms with E-state index in [1.54, 1.807) is 0 Å². The van der Waals surface area contributed by atoms with E-state index in [-0.39, 0.29) is 30.0 Å². The predicted octanol–water partition coefficient (Wildman–Crippen LogP) is 1.06. The summed E-state index contributed by atoms with van der Waals surface area (Å²) in [6, 6.07) is 1.55. The maximum atomic E-state index is 12.1. The highest BCUT2D eigenvalue weighted by atomic mass is 16.5. The van der Waals surface area contributed by atoms with Crippen LogP contribution in [-0.2, 0) is 16.0 Å². The molecule has 2 unspecified atom stereocenters. The van der Waals surface area contributed by atoms with Crippen molar-refractivity contribution < 1.29 is 23.8 Å². The molecule has 1 amide bonds. The van der Waals surface area contributed by atoms with Crippen molar-refractivity contribution in [1.29, 1.82) is 0 Å². The normalized spacial score (nSPS) is 23.0. The van der Waals surface area contributed by atoms with E-state index in [1.807, 2.05) is 6.92 Å². The molecule has 2 atom stereocenters. The van der Waals surface area contributed by atoms with Gasteiger partial charge in [-0.3, -0.25) is 9.59 Å². The van der Waals surface area contributed by atoms with Crippen LogP contribution in [0.2, 0.25) is 0 Å². The fraction of sp³-hybridized carbons (Fsp3) is 0.538. The molecule has 2 rings (SSSR count). The minimum absolute atomic E-state index is 0.0498. The molecule has 1 fully saturated rings. The maximum absolute atomic E-state index is 12.1. The van der Waals surface area contributed by atoms with Gasteiger partial charge in [-0.25, -0.2) is 0 Å². The maximum Gasteiger partial charge on any atom is 0.311 e. The number of nitrogens with one attached hydrogen (secondary N) is 1. The number of aliphatic carboxylic acids is 1. The number of amides is 1. The number of furan rings is 1. The Morgan fingerprint density at radius 3 is 3.00 bits per heavy atom. The average molecular weight is 267 g/mol. The monoisotopic (exact) mass is 267 g/mol. The van der Waals surface area contributed by atoms with E-state index in [0.29, 0.717) is 18.8 Å². The van der Waals surface area contributed by atoms with Gasteiger partial charge in [0, 0.05) is 12.6 Å². The zero-order valence-corrected chi connectivity index (χ0v) is 10.7. The second-order valence-corrected chi connectivity index (χ2v) is 4.75. The number of ether oxygens (including phenoxy) is 1. The quantitative estimate of drug-likeness (QED) is 0.851. The summed E-state index contributed by atoms with van der Waals surface area (Å²) in [7, 11) is 0. The number of carbonyl (C=O) groups is 2. The molecule has 1 aromatic heterocycles. The molecule has 1 aliphatic rings. The summed E-state index contributed by atoms with van der Waals surface area (Å²) in [5, 5.41) is 11.7. The molecular formula is C13H17NO5. The van der Waals surface area contributed by atoms with Gasteiger partial charge < -0.3 is 19.6 Å². The van der Waals surface area contributed by atoms with Gasteiger partial charge in [-0.2, -0.15) is 0 Å². The van der Waals surface area contributed by atoms with Crippen molar-refractivity contribution in [1.82, 2.24) is 5.32 Å². The number of hydrogen-bond acceptors (Lipinski definition) is 4. The summed E-state index contributed by atoms with van der Waals surface area (Å²) in [5.74, 6) is -0.885. The molecule has 0 aliphatic carbocycles. The molecule has 2 N–H and O–H groups in total. The summed E-state index contributed by atoms with van der Waals surface area (Å²) in [6.07, 6.45) is 1.80. The Balaban J connectivity index is 2.03. The molecule has 1 aliphatic heterocycles. The van der Waals surface area contributed by atoms with E-state index in [0.717, 1.165) is 6.42 Å². The smallest absolute Gasteiger partial charge is 0.311 e. The van der Waals surface area contributed by atoms with Crippen molar-refractivity contribution >= 4 is 11.9 Å². The van der Waals surface area contributed by atoms with Crippen LogP contribution in [0.3, 0.4) is 0 Å². The van der Waals surface area contributed by atoms with Gasteiger partial charge in [0.15, 0.2) is 0 Å². The van der Waals surface area contributed by atoms with Crippen molar-refractivity contribution in [2.45, 2.75) is 25.8 Å². The lowest BCUT2D eigenvalue weighted by atomic mass is 9.97. The Labute approximate surface area is 110 Å². The average Bonchev–Trinajstić information content (AvgIpc) is 2.79. The summed E-state index contributed by atoms with van der Waals surface area (Å²) in [5.41, 5.74) is 0.293. The SMILES string of the molecule is CC1COCCC1NC(=O)c1ccoc1CC(=O)O. The minimum Gasteiger partial charge on any atom is -0.481 e. The van der Waals surface area contributed by atoms with Crippen LogP contribution in [0.25, 0.3) is 0 Å². The van der Waals surface area contributed by atoms with Crippen molar-refractivity contribution in [3.05, 3.63) is 23.7 Å². The zero-order chi connectivity index (χ0) is 13.8. The van der Waals surface area contributed by atoms with E-state index >= 15 is 0 Å². The predicted molar refractivity (Wildman–Crippen MR) is 65.9 cm³/mol. The van der Waals surface area contributed by atoms with Crippen LogP contribution in [0.1, 0.15) is 29.5 Å². The number of carboxylic acid groups (broad SMARTS) is 1. The lowest BCUT2D eigenvalue weighted by Gasteiger charge is -2.29. The Morgan fingerprint density at radius 1 is 1.53 bits per heavy atom. The molecule has 6 nitrogen and oxygen atoms in total. The number of rotatable bonds is 4. The first-order valence-corrected chi connectivity index (χ1v) is 6.24. The third kappa shape index (κ3) is 3.35. The summed E-state index contributed by atoms with van der Waals surface area (Å²) < 4.78 is 10.4. The van der Waals surface area contributed by atoms with E-state index in [9.17, 15) is 9.59 Å². The third-order valence-electron chi connectivity index (χ3n) is 3.26. The van der Waals surface area contributed by atoms with Gasteiger partial charge in [0.25, 0.3) is 5.91 Å². The fourth-order valence-electron chi connectivity index (χ4n) is 2.16. The Hall–Kier alpha value is -1.82. The van der Waals surface area contributed by atoms with Crippen molar-refractivity contribution in [3.8, 4) is 0 Å². The van der Waals surface area contributed by atoms with Gasteiger partial charge >= 0.3 is 5.97 Å². The van der Waals surface area contributed by atoms with E-state index in [1.165, 1.54) is 12.3 Å². The highest BCUT2D eigenvalue weighted by Crippen LogP contribution is 2.16. The van der Waals surface area contributed by atoms with Gasteiger partial charge in [-0.15, -0.1) is 0 Å². The van der Waals surface area contributed by atoms with Gasteiger partial charge in [0.2, 0.25) is 0 Å². The Morgan fingerprint density at radius 2 is 2.32 bits per heavy atom. The lowest BCUT2D eigenvalue weighted by molar-refractivity contribution is -0.136. The highest BCUT2D eigenvalue weighted by Gasteiger charge is 2.25. The second kappa shape index (κ2) is 5.88. The number of hydrogen-bond donors (Lipinski definition) is 2. The number of carboxylic acids is 1. The van der Waals surface area contributed by atoms with Gasteiger partial charge in [0.1, 0.15) is 12.2 Å². The largest absolute Gasteiger partial charge is 0.481 e. The first kappa shape index (κ1) is 13.6. The van der Waals surface area contributed by atoms with Gasteiger partial charge in [0.05, 0.1) is 18.4 Å². The highest BCUT2D eigenvalue weighted by molar-refractivity contribution is 5.96. The molecule has 0 radical (unpaired) electrons. The Bertz CT molecular complexity index is 467. The first-order valence-electron chi connectivity index (χ1n) is 6.24. The lowest BCUT2D eigenvalue weighted by Crippen LogP contribution is -2.44. The molecule has 1 saturated heterocycles. The standard InChI is InChI=1S/C13H17NO5/c1-8-7-18-4-3-10(8)14-13(17)9-2-5-19-11(9)6-12(15)16/h2,5,8,10H,3-4,6-7H2,1H3,(H,14,17)(H,15,16). The molecule has 0 spiro atoms. The van der Waals surface area contributed by atoms with Gasteiger partial charge in [-0.1, -0.05) is 6.92 Å². The van der Waals surface area contributed by atoms with Gasteiger partial charge in [-0.05, 0) is 18.4 Å². The van der Waals surface area contributed by atoms with Crippen LogP contribution in [0.5, 0.6) is 0 Å². The van der Waals surface area contributed by atoms with Crippen molar-refractivity contribution in [2.75, 3.05) is 13.2 Å².